The summed E-state index contributed by atoms with van der Waals surface area (Å²) in [6.45, 7) is 0.272. The Bertz CT molecular complexity index is 1150. The number of carbonyl (C=O) groups excluding carboxylic acids is 1. The molecule has 5 rings (SSSR count). The maximum Gasteiger partial charge on any atom is 0.314 e. The first-order valence-corrected chi connectivity index (χ1v) is 9.78. The highest BCUT2D eigenvalue weighted by Gasteiger charge is 2.45. The fourth-order valence-corrected chi connectivity index (χ4v) is 4.02. The molecule has 2 aliphatic rings. The van der Waals surface area contributed by atoms with Crippen molar-refractivity contribution in [3.05, 3.63) is 65.1 Å². The van der Waals surface area contributed by atoms with Crippen LogP contribution in [0.25, 0.3) is 11.5 Å². The number of aliphatic hydroxyl groups excluding tert-OH is 1. The average Bonchev–Trinajstić information content (AvgIpc) is 3.36. The highest BCUT2D eigenvalue weighted by atomic mass is 19.3. The Labute approximate surface area is 174 Å². The van der Waals surface area contributed by atoms with Gasteiger partial charge in [-0.25, -0.2) is 4.98 Å². The topological polar surface area (TPSA) is 92.4 Å². The molecule has 0 radical (unpaired) electrons. The van der Waals surface area contributed by atoms with E-state index in [4.69, 9.17) is 4.42 Å². The van der Waals surface area contributed by atoms with Gasteiger partial charge in [-0.1, -0.05) is 12.1 Å². The van der Waals surface area contributed by atoms with Crippen molar-refractivity contribution >= 4 is 5.91 Å². The van der Waals surface area contributed by atoms with E-state index in [2.05, 4.69) is 15.2 Å². The van der Waals surface area contributed by atoms with Crippen LogP contribution in [0.4, 0.5) is 13.2 Å². The number of amides is 1. The molecule has 160 valence electrons. The highest BCUT2D eigenvalue weighted by molar-refractivity contribution is 5.99. The smallest absolute Gasteiger partial charge is 0.314 e. The molecular formula is C21H17F3N4O3. The van der Waals surface area contributed by atoms with Gasteiger partial charge in [0, 0.05) is 17.7 Å². The second kappa shape index (κ2) is 7.45. The van der Waals surface area contributed by atoms with E-state index in [1.165, 1.54) is 24.3 Å². The van der Waals surface area contributed by atoms with Crippen molar-refractivity contribution in [2.24, 2.45) is 5.92 Å². The molecule has 1 aliphatic carbocycles. The van der Waals surface area contributed by atoms with Gasteiger partial charge in [0.25, 0.3) is 11.8 Å². The van der Waals surface area contributed by atoms with Gasteiger partial charge < -0.3 is 14.4 Å². The summed E-state index contributed by atoms with van der Waals surface area (Å²) in [5.41, 5.74) is 1.63. The Kier molecular flexibility index (Phi) is 4.73. The summed E-state index contributed by atoms with van der Waals surface area (Å²) in [6, 6.07) is 8.49. The molecule has 2 aromatic heterocycles. The van der Waals surface area contributed by atoms with Crippen LogP contribution in [0.15, 0.2) is 40.8 Å². The van der Waals surface area contributed by atoms with Crippen molar-refractivity contribution in [2.75, 3.05) is 0 Å². The van der Waals surface area contributed by atoms with E-state index >= 15 is 0 Å². The van der Waals surface area contributed by atoms with E-state index < -0.39 is 30.4 Å². The molecule has 1 N–H and O–H groups in total. The minimum atomic E-state index is -2.88. The summed E-state index contributed by atoms with van der Waals surface area (Å²) >= 11 is 0. The van der Waals surface area contributed by atoms with Gasteiger partial charge in [0.15, 0.2) is 0 Å². The van der Waals surface area contributed by atoms with Gasteiger partial charge in [0.1, 0.15) is 6.10 Å². The van der Waals surface area contributed by atoms with Gasteiger partial charge in [0.2, 0.25) is 11.8 Å². The first-order chi connectivity index (χ1) is 14.9. The molecule has 31 heavy (non-hydrogen) atoms. The van der Waals surface area contributed by atoms with Crippen LogP contribution in [0.2, 0.25) is 0 Å². The molecule has 1 aromatic carbocycles. The van der Waals surface area contributed by atoms with E-state index in [1.807, 2.05) is 0 Å². The molecule has 3 heterocycles. The van der Waals surface area contributed by atoms with Crippen molar-refractivity contribution in [1.82, 2.24) is 20.1 Å². The number of carbonyl (C=O) groups is 1. The molecule has 1 saturated carbocycles. The minimum absolute atomic E-state index is 0.0855. The lowest BCUT2D eigenvalue weighted by molar-refractivity contribution is 0.0274. The molecule has 1 aliphatic heterocycles. The summed E-state index contributed by atoms with van der Waals surface area (Å²) in [5, 5.41) is 17.9. The van der Waals surface area contributed by atoms with Crippen LogP contribution in [-0.2, 0) is 6.54 Å². The second-order valence-electron chi connectivity index (χ2n) is 7.71. The van der Waals surface area contributed by atoms with E-state index in [0.717, 1.165) is 18.4 Å². The summed E-state index contributed by atoms with van der Waals surface area (Å²) in [5.74, 6) is -1.82. The fourth-order valence-electron chi connectivity index (χ4n) is 4.02. The number of halogens is 3. The third-order valence-corrected chi connectivity index (χ3v) is 5.64. The van der Waals surface area contributed by atoms with Crippen LogP contribution < -0.4 is 0 Å². The van der Waals surface area contributed by atoms with Crippen molar-refractivity contribution in [3.8, 4) is 11.5 Å². The molecular weight excluding hydrogens is 413 g/mol. The zero-order valence-corrected chi connectivity index (χ0v) is 16.1. The summed E-state index contributed by atoms with van der Waals surface area (Å²) in [4.78, 5) is 18.6. The van der Waals surface area contributed by atoms with E-state index in [0.29, 0.717) is 11.1 Å². The van der Waals surface area contributed by atoms with E-state index in [-0.39, 0.29) is 30.0 Å². The van der Waals surface area contributed by atoms with Crippen LogP contribution in [-0.4, -0.2) is 37.1 Å². The van der Waals surface area contributed by atoms with Gasteiger partial charge in [-0.05, 0) is 48.6 Å². The molecule has 1 fully saturated rings. The fraction of sp³-hybridized carbons (Fsp3) is 0.333. The highest BCUT2D eigenvalue weighted by Crippen LogP contribution is 2.43. The molecule has 10 heteroatoms. The van der Waals surface area contributed by atoms with Gasteiger partial charge in [0.05, 0.1) is 11.7 Å². The number of aromatic nitrogens is 3. The number of nitrogens with zero attached hydrogens (tertiary/aromatic N) is 4. The number of hydrogen-bond acceptors (Lipinski definition) is 6. The molecule has 1 amide bonds. The quantitative estimate of drug-likeness (QED) is 0.600. The summed E-state index contributed by atoms with van der Waals surface area (Å²) < 4.78 is 44.0. The van der Waals surface area contributed by atoms with Crippen LogP contribution >= 0.6 is 0 Å². The largest absolute Gasteiger partial charge is 0.415 e. The normalized spacial score (nSPS) is 17.8. The molecule has 0 saturated heterocycles. The predicted molar refractivity (Wildman–Crippen MR) is 100 cm³/mol. The van der Waals surface area contributed by atoms with Gasteiger partial charge in [-0.15, -0.1) is 10.2 Å². The number of rotatable bonds is 6. The number of hydrogen-bond donors (Lipinski definition) is 1. The van der Waals surface area contributed by atoms with Gasteiger partial charge in [-0.2, -0.15) is 13.2 Å². The van der Waals surface area contributed by atoms with Crippen molar-refractivity contribution < 1.29 is 27.5 Å². The number of pyridine rings is 1. The van der Waals surface area contributed by atoms with Crippen LogP contribution in [0.1, 0.15) is 52.9 Å². The summed E-state index contributed by atoms with van der Waals surface area (Å²) in [6.07, 6.45) is -2.32. The molecule has 7 nitrogen and oxygen atoms in total. The van der Waals surface area contributed by atoms with Crippen LogP contribution in [0.5, 0.6) is 0 Å². The molecule has 2 atom stereocenters. The van der Waals surface area contributed by atoms with Crippen LogP contribution in [0.3, 0.4) is 0 Å². The molecule has 0 bridgehead atoms. The lowest BCUT2D eigenvalue weighted by Gasteiger charge is -2.31. The molecule has 3 aromatic rings. The van der Waals surface area contributed by atoms with Gasteiger partial charge in [-0.3, -0.25) is 4.79 Å². The Balaban J connectivity index is 1.44. The standard InChI is InChI=1S/C21H17F3N4O3/c22-15-3-1-2-14(25-15)17(29)16(10-4-5-10)28-9-12-7-6-11(8-13(12)21(28)30)19-26-27-20(31-19)18(23)24/h1-3,6-8,10,16-18,29H,4-5,9H2/t16-,17+/m1/s1. The number of benzene rings is 1. The third kappa shape index (κ3) is 3.56. The summed E-state index contributed by atoms with van der Waals surface area (Å²) in [7, 11) is 0. The van der Waals surface area contributed by atoms with E-state index in [1.54, 1.807) is 17.0 Å². The van der Waals surface area contributed by atoms with Crippen molar-refractivity contribution in [1.29, 1.82) is 0 Å². The molecule has 0 unspecified atom stereocenters. The average molecular weight is 430 g/mol. The maximum absolute atomic E-state index is 13.6. The maximum atomic E-state index is 13.6. The number of fused-ring (bicyclic) bond motifs is 1. The Morgan fingerprint density at radius 3 is 2.65 bits per heavy atom. The third-order valence-electron chi connectivity index (χ3n) is 5.64. The lowest BCUT2D eigenvalue weighted by atomic mass is 10.0. The predicted octanol–water partition coefficient (Wildman–Crippen LogP) is 3.68. The molecule has 0 spiro atoms. The monoisotopic (exact) mass is 430 g/mol. The Hall–Kier alpha value is -3.27. The van der Waals surface area contributed by atoms with Crippen molar-refractivity contribution in [3.63, 3.8) is 0 Å². The zero-order valence-electron chi connectivity index (χ0n) is 16.1. The number of alkyl halides is 2. The van der Waals surface area contributed by atoms with E-state index in [9.17, 15) is 23.1 Å². The first kappa shape index (κ1) is 19.7. The zero-order chi connectivity index (χ0) is 21.7. The Morgan fingerprint density at radius 1 is 1.16 bits per heavy atom. The Morgan fingerprint density at radius 2 is 1.97 bits per heavy atom. The minimum Gasteiger partial charge on any atom is -0.415 e. The SMILES string of the molecule is O=C1c2cc(-c3nnc(C(F)F)o3)ccc2CN1[C@H](C1CC1)[C@@H](O)c1cccc(F)n1. The van der Waals surface area contributed by atoms with Crippen molar-refractivity contribution in [2.45, 2.75) is 38.0 Å². The van der Waals surface area contributed by atoms with Gasteiger partial charge >= 0.3 is 6.43 Å². The number of aliphatic hydroxyl groups is 1. The second-order valence-corrected chi connectivity index (χ2v) is 7.71. The first-order valence-electron chi connectivity index (χ1n) is 9.78. The van der Waals surface area contributed by atoms with Crippen LogP contribution in [0, 0.1) is 11.9 Å². The lowest BCUT2D eigenvalue weighted by Crippen LogP contribution is -2.41.